The van der Waals surface area contributed by atoms with Crippen LogP contribution in [-0.4, -0.2) is 58.8 Å². The average molecular weight is 443 g/mol. The van der Waals surface area contributed by atoms with Crippen molar-refractivity contribution < 1.29 is 24.2 Å². The predicted molar refractivity (Wildman–Crippen MR) is 118 cm³/mol. The molecule has 0 radical (unpaired) electrons. The Morgan fingerprint density at radius 3 is 2.34 bits per heavy atom. The van der Waals surface area contributed by atoms with E-state index in [9.17, 15) is 24.8 Å². The molecule has 2 unspecified atom stereocenters. The van der Waals surface area contributed by atoms with E-state index in [1.54, 1.807) is 58.9 Å². The quantitative estimate of drug-likeness (QED) is 0.413. The molecule has 3 amide bonds. The Hall–Kier alpha value is -3.56. The molecule has 0 bridgehead atoms. The average Bonchev–Trinajstić information content (AvgIpc) is 2.69. The minimum absolute atomic E-state index is 0.254. The highest BCUT2D eigenvalue weighted by Crippen LogP contribution is 2.25. The fourth-order valence-electron chi connectivity index (χ4n) is 2.89. The number of amides is 3. The molecule has 0 saturated carbocycles. The third-order valence-electron chi connectivity index (χ3n) is 4.10. The lowest BCUT2D eigenvalue weighted by Gasteiger charge is -2.33. The van der Waals surface area contributed by atoms with Crippen LogP contribution in [0.5, 0.6) is 0 Å². The van der Waals surface area contributed by atoms with Crippen molar-refractivity contribution in [2.75, 3.05) is 13.2 Å². The molecule has 9 nitrogen and oxygen atoms in total. The number of nitrogens with one attached hydrogen (secondary N) is 2. The number of terminal acetylenes is 1. The molecular formula is C23H30N4O5. The molecule has 32 heavy (non-hydrogen) atoms. The Kier molecular flexibility index (Phi) is 9.70. The minimum atomic E-state index is -1.44. The van der Waals surface area contributed by atoms with Gasteiger partial charge in [0.25, 0.3) is 0 Å². The molecule has 2 atom stereocenters. The maximum atomic E-state index is 13.3. The molecule has 3 N–H and O–H groups in total. The highest BCUT2D eigenvalue weighted by atomic mass is 16.6. The molecule has 0 fully saturated rings. The third kappa shape index (κ3) is 7.60. The smallest absolute Gasteiger partial charge is 0.408 e. The summed E-state index contributed by atoms with van der Waals surface area (Å²) in [6.45, 7) is 7.18. The first kappa shape index (κ1) is 26.5. The molecule has 1 aromatic carbocycles. The number of aliphatic hydroxyl groups is 1. The summed E-state index contributed by atoms with van der Waals surface area (Å²) in [5.74, 6) is 1.09. The second-order valence-electron chi connectivity index (χ2n) is 8.30. The van der Waals surface area contributed by atoms with E-state index in [4.69, 9.17) is 11.2 Å². The fourth-order valence-corrected chi connectivity index (χ4v) is 2.89. The second kappa shape index (κ2) is 11.7. The Bertz CT molecular complexity index is 908. The number of rotatable bonds is 8. The molecule has 0 aliphatic rings. The first-order chi connectivity index (χ1) is 14.9. The normalized spacial score (nSPS) is 12.7. The molecular weight excluding hydrogens is 412 g/mol. The highest BCUT2D eigenvalue weighted by Gasteiger charge is 2.37. The van der Waals surface area contributed by atoms with Gasteiger partial charge >= 0.3 is 6.09 Å². The maximum Gasteiger partial charge on any atom is 0.408 e. The van der Waals surface area contributed by atoms with Crippen molar-refractivity contribution in [2.45, 2.75) is 58.3 Å². The molecule has 0 aromatic heterocycles. The monoisotopic (exact) mass is 442 g/mol. The first-order valence-corrected chi connectivity index (χ1v) is 10.1. The van der Waals surface area contributed by atoms with E-state index in [0.29, 0.717) is 11.1 Å². The summed E-state index contributed by atoms with van der Waals surface area (Å²) in [7, 11) is 0. The molecule has 1 aromatic rings. The molecule has 0 aliphatic heterocycles. The third-order valence-corrected chi connectivity index (χ3v) is 4.10. The van der Waals surface area contributed by atoms with Crippen LogP contribution < -0.4 is 10.6 Å². The predicted octanol–water partition coefficient (Wildman–Crippen LogP) is 1.47. The first-order valence-electron chi connectivity index (χ1n) is 10.1. The maximum absolute atomic E-state index is 13.3. The zero-order valence-electron chi connectivity index (χ0n) is 19.0. The van der Waals surface area contributed by atoms with E-state index in [2.05, 4.69) is 16.6 Å². The van der Waals surface area contributed by atoms with E-state index < -0.39 is 48.7 Å². The van der Waals surface area contributed by atoms with Gasteiger partial charge in [0.2, 0.25) is 11.8 Å². The molecule has 172 valence electrons. The van der Waals surface area contributed by atoms with Crippen molar-refractivity contribution in [3.05, 3.63) is 35.4 Å². The number of ether oxygens (including phenoxy) is 1. The molecule has 1 rings (SSSR count). The summed E-state index contributed by atoms with van der Waals surface area (Å²) in [4.78, 5) is 39.5. The van der Waals surface area contributed by atoms with E-state index in [1.807, 2.05) is 6.07 Å². The standard InChI is InChI=1S/C23H30N4O5/c1-7-16-10-8-9-11-17(16)19(20(29)25-15(2)3)27(13-12-24)21(30)18(14-28)26-22(31)32-23(4,5)6/h1,8-11,15,18-19,28H,13-14H2,2-6H3,(H,25,29)(H,26,31). The number of hydrogen-bond acceptors (Lipinski definition) is 6. The van der Waals surface area contributed by atoms with E-state index in [0.717, 1.165) is 4.90 Å². The summed E-state index contributed by atoms with van der Waals surface area (Å²) < 4.78 is 5.14. The van der Waals surface area contributed by atoms with Crippen LogP contribution in [0.25, 0.3) is 0 Å². The van der Waals surface area contributed by atoms with Crippen molar-refractivity contribution in [1.82, 2.24) is 15.5 Å². The largest absolute Gasteiger partial charge is 0.444 e. The summed E-state index contributed by atoms with van der Waals surface area (Å²) in [5, 5.41) is 24.2. The lowest BCUT2D eigenvalue weighted by molar-refractivity contribution is -0.142. The number of hydrogen-bond donors (Lipinski definition) is 3. The Labute approximate surface area is 188 Å². The van der Waals surface area contributed by atoms with E-state index >= 15 is 0 Å². The van der Waals surface area contributed by atoms with Gasteiger partial charge in [0.05, 0.1) is 12.7 Å². The van der Waals surface area contributed by atoms with Crippen LogP contribution in [0.15, 0.2) is 24.3 Å². The summed E-state index contributed by atoms with van der Waals surface area (Å²) in [6.07, 6.45) is 4.66. The van der Waals surface area contributed by atoms with E-state index in [-0.39, 0.29) is 6.04 Å². The Morgan fingerprint density at radius 1 is 1.22 bits per heavy atom. The molecule has 0 spiro atoms. The number of benzene rings is 1. The lowest BCUT2D eigenvalue weighted by atomic mass is 9.97. The highest BCUT2D eigenvalue weighted by molar-refractivity contribution is 5.92. The van der Waals surface area contributed by atoms with Crippen LogP contribution in [0.2, 0.25) is 0 Å². The van der Waals surface area contributed by atoms with Gasteiger partial charge in [-0.2, -0.15) is 5.26 Å². The summed E-state index contributed by atoms with van der Waals surface area (Å²) in [6, 6.07) is 5.46. The Balaban J connectivity index is 3.42. The SMILES string of the molecule is C#Cc1ccccc1C(C(=O)NC(C)C)N(CC#N)C(=O)C(CO)NC(=O)OC(C)(C)C. The van der Waals surface area contributed by atoms with Gasteiger partial charge in [0.15, 0.2) is 0 Å². The van der Waals surface area contributed by atoms with Gasteiger partial charge in [-0.25, -0.2) is 4.79 Å². The van der Waals surface area contributed by atoms with Crippen molar-refractivity contribution in [2.24, 2.45) is 0 Å². The number of carbonyl (C=O) groups is 3. The van der Waals surface area contributed by atoms with Gasteiger partial charge in [-0.3, -0.25) is 9.59 Å². The summed E-state index contributed by atoms with van der Waals surface area (Å²) in [5.41, 5.74) is -0.122. The molecule has 0 aliphatic carbocycles. The van der Waals surface area contributed by atoms with Gasteiger partial charge < -0.3 is 25.4 Å². The molecule has 0 heterocycles. The van der Waals surface area contributed by atoms with Crippen LogP contribution in [0, 0.1) is 23.7 Å². The topological polar surface area (TPSA) is 132 Å². The number of carbonyl (C=O) groups excluding carboxylic acids is 3. The van der Waals surface area contributed by atoms with Crippen LogP contribution in [0.3, 0.4) is 0 Å². The Morgan fingerprint density at radius 2 is 1.84 bits per heavy atom. The zero-order chi connectivity index (χ0) is 24.5. The van der Waals surface area contributed by atoms with Crippen molar-refractivity contribution in [3.63, 3.8) is 0 Å². The van der Waals surface area contributed by atoms with E-state index in [1.165, 1.54) is 0 Å². The number of nitriles is 1. The van der Waals surface area contributed by atoms with Crippen LogP contribution >= 0.6 is 0 Å². The minimum Gasteiger partial charge on any atom is -0.444 e. The van der Waals surface area contributed by atoms with Gasteiger partial charge in [-0.15, -0.1) is 6.42 Å². The van der Waals surface area contributed by atoms with Crippen LogP contribution in [0.1, 0.15) is 51.8 Å². The number of alkyl carbamates (subject to hydrolysis) is 1. The van der Waals surface area contributed by atoms with Gasteiger partial charge in [0, 0.05) is 11.6 Å². The van der Waals surface area contributed by atoms with Crippen molar-refractivity contribution >= 4 is 17.9 Å². The van der Waals surface area contributed by atoms with Gasteiger partial charge in [-0.1, -0.05) is 24.1 Å². The molecule has 0 saturated heterocycles. The van der Waals surface area contributed by atoms with Crippen molar-refractivity contribution in [3.8, 4) is 18.4 Å². The number of aliphatic hydroxyl groups excluding tert-OH is 1. The zero-order valence-corrected chi connectivity index (χ0v) is 19.0. The second-order valence-corrected chi connectivity index (χ2v) is 8.30. The number of nitrogens with zero attached hydrogens (tertiary/aromatic N) is 2. The lowest BCUT2D eigenvalue weighted by Crippen LogP contribution is -2.55. The fraction of sp³-hybridized carbons (Fsp3) is 0.478. The van der Waals surface area contributed by atoms with Crippen molar-refractivity contribution in [1.29, 1.82) is 5.26 Å². The molecule has 9 heteroatoms. The van der Waals surface area contributed by atoms with Crippen LogP contribution in [0.4, 0.5) is 4.79 Å². The van der Waals surface area contributed by atoms with Gasteiger partial charge in [0.1, 0.15) is 24.2 Å². The van der Waals surface area contributed by atoms with Crippen LogP contribution in [-0.2, 0) is 14.3 Å². The summed E-state index contributed by atoms with van der Waals surface area (Å²) >= 11 is 0. The van der Waals surface area contributed by atoms with Gasteiger partial charge in [-0.05, 0) is 46.2 Å².